The second-order valence-corrected chi connectivity index (χ2v) is 6.60. The van der Waals surface area contributed by atoms with Crippen LogP contribution in [0.15, 0.2) is 73.1 Å². The lowest BCUT2D eigenvalue weighted by atomic mass is 9.99. The van der Waals surface area contributed by atoms with Crippen LogP contribution in [0.5, 0.6) is 11.5 Å². The summed E-state index contributed by atoms with van der Waals surface area (Å²) in [6.45, 7) is 4.10. The van der Waals surface area contributed by atoms with Crippen LogP contribution in [-0.4, -0.2) is 15.1 Å². The molecule has 0 fully saturated rings. The maximum absolute atomic E-state index is 10.9. The lowest BCUT2D eigenvalue weighted by molar-refractivity contribution is 0.217. The van der Waals surface area contributed by atoms with Gasteiger partial charge in [-0.3, -0.25) is 0 Å². The highest BCUT2D eigenvalue weighted by atomic mass is 16.5. The third-order valence-corrected chi connectivity index (χ3v) is 4.72. The van der Waals surface area contributed by atoms with Crippen LogP contribution < -0.4 is 4.74 Å². The number of nitrogens with zero attached hydrogens (tertiary/aromatic N) is 2. The number of aliphatic hydroxyl groups is 1. The highest BCUT2D eigenvalue weighted by molar-refractivity contribution is 5.83. The SMILES string of the molecule is Cc1cc2ncnc([C@@H](O)c3ccc(Oc4ccccc4)cc3)c2cc1C. The van der Waals surface area contributed by atoms with Crippen molar-refractivity contribution in [2.45, 2.75) is 20.0 Å². The molecule has 0 spiro atoms. The Morgan fingerprint density at radius 2 is 1.48 bits per heavy atom. The topological polar surface area (TPSA) is 55.2 Å². The predicted molar refractivity (Wildman–Crippen MR) is 106 cm³/mol. The van der Waals surface area contributed by atoms with Gasteiger partial charge in [-0.1, -0.05) is 30.3 Å². The molecule has 1 aromatic heterocycles. The van der Waals surface area contributed by atoms with E-state index >= 15 is 0 Å². The molecule has 0 aliphatic rings. The molecule has 4 aromatic rings. The van der Waals surface area contributed by atoms with Crippen molar-refractivity contribution in [3.8, 4) is 11.5 Å². The molecule has 3 aromatic carbocycles. The van der Waals surface area contributed by atoms with E-state index in [1.54, 1.807) is 0 Å². The fourth-order valence-corrected chi connectivity index (χ4v) is 3.05. The first kappa shape index (κ1) is 17.2. The first-order chi connectivity index (χ1) is 13.1. The zero-order chi connectivity index (χ0) is 18.8. The lowest BCUT2D eigenvalue weighted by Crippen LogP contribution is -2.04. The zero-order valence-electron chi connectivity index (χ0n) is 15.3. The highest BCUT2D eigenvalue weighted by Gasteiger charge is 2.16. The van der Waals surface area contributed by atoms with Gasteiger partial charge < -0.3 is 9.84 Å². The average Bonchev–Trinajstić information content (AvgIpc) is 2.69. The molecular formula is C23H20N2O2. The lowest BCUT2D eigenvalue weighted by Gasteiger charge is -2.14. The number of para-hydroxylation sites is 1. The Morgan fingerprint density at radius 3 is 2.22 bits per heavy atom. The van der Waals surface area contributed by atoms with Gasteiger partial charge in [0.05, 0.1) is 11.2 Å². The molecule has 0 bridgehead atoms. The van der Waals surface area contributed by atoms with E-state index in [9.17, 15) is 5.11 Å². The quantitative estimate of drug-likeness (QED) is 0.551. The van der Waals surface area contributed by atoms with E-state index in [2.05, 4.69) is 16.9 Å². The summed E-state index contributed by atoms with van der Waals surface area (Å²) in [7, 11) is 0. The molecule has 4 rings (SSSR count). The van der Waals surface area contributed by atoms with Crippen molar-refractivity contribution in [2.24, 2.45) is 0 Å². The van der Waals surface area contributed by atoms with Crippen LogP contribution in [0.1, 0.15) is 28.5 Å². The Morgan fingerprint density at radius 1 is 0.815 bits per heavy atom. The van der Waals surface area contributed by atoms with Crippen LogP contribution >= 0.6 is 0 Å². The van der Waals surface area contributed by atoms with E-state index in [-0.39, 0.29) is 0 Å². The molecule has 4 nitrogen and oxygen atoms in total. The number of fused-ring (bicyclic) bond motifs is 1. The molecule has 0 saturated heterocycles. The number of benzene rings is 3. The van der Waals surface area contributed by atoms with Gasteiger partial charge in [0, 0.05) is 5.39 Å². The number of aliphatic hydroxyl groups excluding tert-OH is 1. The Labute approximate surface area is 158 Å². The van der Waals surface area contributed by atoms with Crippen molar-refractivity contribution >= 4 is 10.9 Å². The van der Waals surface area contributed by atoms with Gasteiger partial charge in [0.1, 0.15) is 23.9 Å². The fraction of sp³-hybridized carbons (Fsp3) is 0.130. The van der Waals surface area contributed by atoms with Crippen LogP contribution in [0.2, 0.25) is 0 Å². The molecule has 0 amide bonds. The standard InChI is InChI=1S/C23H20N2O2/c1-15-12-20-21(13-16(15)2)24-14-25-22(20)23(26)17-8-10-19(11-9-17)27-18-6-4-3-5-7-18/h3-14,23,26H,1-2H3/t23-/m0/s1. The molecule has 0 aliphatic heterocycles. The van der Waals surface area contributed by atoms with E-state index in [1.807, 2.05) is 73.7 Å². The second kappa shape index (κ2) is 7.17. The summed E-state index contributed by atoms with van der Waals surface area (Å²) in [6, 6.07) is 21.1. The van der Waals surface area contributed by atoms with Crippen molar-refractivity contribution < 1.29 is 9.84 Å². The van der Waals surface area contributed by atoms with Crippen LogP contribution in [-0.2, 0) is 0 Å². The van der Waals surface area contributed by atoms with E-state index < -0.39 is 6.10 Å². The predicted octanol–water partition coefficient (Wildman–Crippen LogP) is 5.12. The van der Waals surface area contributed by atoms with E-state index in [1.165, 1.54) is 11.9 Å². The van der Waals surface area contributed by atoms with E-state index in [0.717, 1.165) is 33.5 Å². The molecule has 0 aliphatic carbocycles. The van der Waals surface area contributed by atoms with Crippen molar-refractivity contribution in [3.63, 3.8) is 0 Å². The molecule has 1 heterocycles. The van der Waals surface area contributed by atoms with E-state index in [4.69, 9.17) is 4.74 Å². The van der Waals surface area contributed by atoms with Crippen LogP contribution in [0.3, 0.4) is 0 Å². The van der Waals surface area contributed by atoms with E-state index in [0.29, 0.717) is 5.69 Å². The van der Waals surface area contributed by atoms with Gasteiger partial charge in [-0.25, -0.2) is 9.97 Å². The van der Waals surface area contributed by atoms with Crippen LogP contribution in [0, 0.1) is 13.8 Å². The molecule has 27 heavy (non-hydrogen) atoms. The van der Waals surface area contributed by atoms with Crippen molar-refractivity contribution in [1.82, 2.24) is 9.97 Å². The zero-order valence-corrected chi connectivity index (χ0v) is 15.3. The smallest absolute Gasteiger partial charge is 0.127 e. The maximum Gasteiger partial charge on any atom is 0.127 e. The monoisotopic (exact) mass is 356 g/mol. The molecule has 134 valence electrons. The largest absolute Gasteiger partial charge is 0.457 e. The summed E-state index contributed by atoms with van der Waals surface area (Å²) in [5.41, 5.74) is 4.53. The van der Waals surface area contributed by atoms with Crippen molar-refractivity contribution in [3.05, 3.63) is 95.4 Å². The summed E-state index contributed by atoms with van der Waals surface area (Å²) in [4.78, 5) is 8.69. The number of ether oxygens (including phenoxy) is 1. The Hall–Kier alpha value is -3.24. The maximum atomic E-state index is 10.9. The van der Waals surface area contributed by atoms with Gasteiger partial charge in [0.15, 0.2) is 0 Å². The Balaban J connectivity index is 1.64. The minimum Gasteiger partial charge on any atom is -0.457 e. The molecule has 1 atom stereocenters. The minimum absolute atomic E-state index is 0.611. The van der Waals surface area contributed by atoms with Gasteiger partial charge in [-0.15, -0.1) is 0 Å². The third-order valence-electron chi connectivity index (χ3n) is 4.72. The van der Waals surface area contributed by atoms with Gasteiger partial charge in [-0.05, 0) is 66.9 Å². The Bertz CT molecular complexity index is 1080. The Kier molecular flexibility index (Phi) is 4.57. The number of hydrogen-bond donors (Lipinski definition) is 1. The van der Waals surface area contributed by atoms with Crippen LogP contribution in [0.4, 0.5) is 0 Å². The molecule has 4 heteroatoms. The summed E-state index contributed by atoms with van der Waals surface area (Å²) >= 11 is 0. The summed E-state index contributed by atoms with van der Waals surface area (Å²) in [6.07, 6.45) is 0.672. The highest BCUT2D eigenvalue weighted by Crippen LogP contribution is 2.29. The number of hydrogen-bond acceptors (Lipinski definition) is 4. The third kappa shape index (κ3) is 3.52. The van der Waals surface area contributed by atoms with Crippen LogP contribution in [0.25, 0.3) is 10.9 Å². The van der Waals surface area contributed by atoms with Crippen molar-refractivity contribution in [1.29, 1.82) is 0 Å². The molecular weight excluding hydrogens is 336 g/mol. The average molecular weight is 356 g/mol. The number of rotatable bonds is 4. The van der Waals surface area contributed by atoms with Gasteiger partial charge >= 0.3 is 0 Å². The first-order valence-corrected chi connectivity index (χ1v) is 8.84. The second-order valence-electron chi connectivity index (χ2n) is 6.60. The normalized spacial score (nSPS) is 12.1. The molecule has 0 unspecified atom stereocenters. The first-order valence-electron chi connectivity index (χ1n) is 8.84. The van der Waals surface area contributed by atoms with Gasteiger partial charge in [-0.2, -0.15) is 0 Å². The molecule has 0 saturated carbocycles. The number of aromatic nitrogens is 2. The summed E-state index contributed by atoms with van der Waals surface area (Å²) in [5, 5.41) is 11.8. The molecule has 0 radical (unpaired) electrons. The van der Waals surface area contributed by atoms with Gasteiger partial charge in [0.2, 0.25) is 0 Å². The minimum atomic E-state index is -0.830. The number of aryl methyl sites for hydroxylation is 2. The summed E-state index contributed by atoms with van der Waals surface area (Å²) < 4.78 is 5.81. The van der Waals surface area contributed by atoms with Crippen molar-refractivity contribution in [2.75, 3.05) is 0 Å². The summed E-state index contributed by atoms with van der Waals surface area (Å²) in [5.74, 6) is 1.50. The fourth-order valence-electron chi connectivity index (χ4n) is 3.05. The molecule has 1 N–H and O–H groups in total. The van der Waals surface area contributed by atoms with Gasteiger partial charge in [0.25, 0.3) is 0 Å².